The van der Waals surface area contributed by atoms with Gasteiger partial charge in [0.2, 0.25) is 0 Å². The molecule has 5 heteroatoms. The van der Waals surface area contributed by atoms with E-state index >= 15 is 0 Å². The molecule has 0 atom stereocenters. The summed E-state index contributed by atoms with van der Waals surface area (Å²) in [6.07, 6.45) is 4.07. The van der Waals surface area contributed by atoms with E-state index in [0.29, 0.717) is 19.6 Å². The highest BCUT2D eigenvalue weighted by Gasteiger charge is 2.20. The summed E-state index contributed by atoms with van der Waals surface area (Å²) in [6.45, 7) is 7.93. The van der Waals surface area contributed by atoms with Gasteiger partial charge in [-0.15, -0.1) is 0 Å². The summed E-state index contributed by atoms with van der Waals surface area (Å²) in [6, 6.07) is 1.45. The van der Waals surface area contributed by atoms with Crippen LogP contribution >= 0.6 is 0 Å². The summed E-state index contributed by atoms with van der Waals surface area (Å²) in [7, 11) is 0. The summed E-state index contributed by atoms with van der Waals surface area (Å²) < 4.78 is 14.3. The highest BCUT2D eigenvalue weighted by Crippen LogP contribution is 2.17. The highest BCUT2D eigenvalue weighted by atomic mass is 19.1. The highest BCUT2D eigenvalue weighted by molar-refractivity contribution is 5.95. The maximum atomic E-state index is 14.3. The number of carbonyl (C=O) groups is 1. The lowest BCUT2D eigenvalue weighted by Gasteiger charge is -2.22. The van der Waals surface area contributed by atoms with Crippen LogP contribution in [-0.2, 0) is 0 Å². The van der Waals surface area contributed by atoms with Gasteiger partial charge in [-0.25, -0.2) is 9.37 Å². The standard InChI is InChI=1S/C15H24FN3O/c1-4-8-17-14-13(16)12(7-9-18-14)15(20)19(10-5-2)11-6-3/h7,9H,4-6,8,10-11H2,1-3H3,(H,17,18). The minimum Gasteiger partial charge on any atom is -0.368 e. The predicted molar refractivity (Wildman–Crippen MR) is 79.5 cm³/mol. The van der Waals surface area contributed by atoms with Crippen LogP contribution in [0.15, 0.2) is 12.3 Å². The molecule has 112 valence electrons. The Balaban J connectivity index is 2.96. The van der Waals surface area contributed by atoms with Crippen molar-refractivity contribution in [3.05, 3.63) is 23.6 Å². The second-order valence-corrected chi connectivity index (χ2v) is 4.74. The fraction of sp³-hybridized carbons (Fsp3) is 0.600. The van der Waals surface area contributed by atoms with Crippen molar-refractivity contribution in [1.82, 2.24) is 9.88 Å². The molecule has 0 saturated carbocycles. The van der Waals surface area contributed by atoms with Crippen LogP contribution in [0.3, 0.4) is 0 Å². The molecule has 1 N–H and O–H groups in total. The van der Waals surface area contributed by atoms with Gasteiger partial charge in [0.05, 0.1) is 5.56 Å². The fourth-order valence-corrected chi connectivity index (χ4v) is 2.00. The number of hydrogen-bond acceptors (Lipinski definition) is 3. The summed E-state index contributed by atoms with van der Waals surface area (Å²) in [5.74, 6) is -0.651. The van der Waals surface area contributed by atoms with Crippen molar-refractivity contribution >= 4 is 11.7 Å². The Morgan fingerprint density at radius 3 is 2.45 bits per heavy atom. The zero-order valence-electron chi connectivity index (χ0n) is 12.6. The van der Waals surface area contributed by atoms with Crippen LogP contribution in [-0.4, -0.2) is 35.4 Å². The minimum atomic E-state index is -0.553. The number of carbonyl (C=O) groups excluding carboxylic acids is 1. The lowest BCUT2D eigenvalue weighted by molar-refractivity contribution is 0.0751. The molecule has 4 nitrogen and oxygen atoms in total. The van der Waals surface area contributed by atoms with Crippen molar-refractivity contribution < 1.29 is 9.18 Å². The molecule has 1 aromatic heterocycles. The third-order valence-electron chi connectivity index (χ3n) is 2.94. The van der Waals surface area contributed by atoms with Crippen molar-refractivity contribution in [3.8, 4) is 0 Å². The maximum absolute atomic E-state index is 14.3. The van der Waals surface area contributed by atoms with E-state index < -0.39 is 5.82 Å². The Kier molecular flexibility index (Phi) is 6.98. The summed E-state index contributed by atoms with van der Waals surface area (Å²) in [5.41, 5.74) is 0.0977. The van der Waals surface area contributed by atoms with Gasteiger partial charge in [0.1, 0.15) is 0 Å². The third-order valence-corrected chi connectivity index (χ3v) is 2.94. The van der Waals surface area contributed by atoms with E-state index in [0.717, 1.165) is 19.3 Å². The van der Waals surface area contributed by atoms with Crippen LogP contribution in [0.5, 0.6) is 0 Å². The average molecular weight is 281 g/mol. The molecule has 1 aromatic rings. The molecule has 0 unspecified atom stereocenters. The SMILES string of the molecule is CCCNc1nccc(C(=O)N(CCC)CCC)c1F. The fourth-order valence-electron chi connectivity index (χ4n) is 2.00. The van der Waals surface area contributed by atoms with Gasteiger partial charge in [-0.05, 0) is 25.3 Å². The first kappa shape index (κ1) is 16.4. The Hall–Kier alpha value is -1.65. The Morgan fingerprint density at radius 1 is 1.25 bits per heavy atom. The number of nitrogens with zero attached hydrogens (tertiary/aromatic N) is 2. The predicted octanol–water partition coefficient (Wildman–Crippen LogP) is 3.30. The molecule has 0 saturated heterocycles. The zero-order valence-corrected chi connectivity index (χ0v) is 12.6. The van der Waals surface area contributed by atoms with Crippen molar-refractivity contribution in [2.45, 2.75) is 40.0 Å². The molecule has 0 fully saturated rings. The largest absolute Gasteiger partial charge is 0.368 e. The zero-order chi connectivity index (χ0) is 15.0. The van der Waals surface area contributed by atoms with Gasteiger partial charge in [0.25, 0.3) is 5.91 Å². The normalized spacial score (nSPS) is 10.4. The molecular formula is C15H24FN3O. The molecule has 1 amide bonds. The molecule has 0 radical (unpaired) electrons. The van der Waals surface area contributed by atoms with Crippen LogP contribution in [0.2, 0.25) is 0 Å². The summed E-state index contributed by atoms with van der Waals surface area (Å²) in [4.78, 5) is 18.1. The van der Waals surface area contributed by atoms with Crippen molar-refractivity contribution in [1.29, 1.82) is 0 Å². The minimum absolute atomic E-state index is 0.0977. The first-order valence-electron chi connectivity index (χ1n) is 7.33. The van der Waals surface area contributed by atoms with E-state index in [2.05, 4.69) is 10.3 Å². The van der Waals surface area contributed by atoms with Gasteiger partial charge < -0.3 is 10.2 Å². The van der Waals surface area contributed by atoms with E-state index in [9.17, 15) is 9.18 Å². The first-order valence-corrected chi connectivity index (χ1v) is 7.33. The van der Waals surface area contributed by atoms with Gasteiger partial charge in [-0.1, -0.05) is 20.8 Å². The summed E-state index contributed by atoms with van der Waals surface area (Å²) in [5, 5.41) is 2.90. The van der Waals surface area contributed by atoms with E-state index in [-0.39, 0.29) is 17.3 Å². The number of rotatable bonds is 8. The van der Waals surface area contributed by atoms with Gasteiger partial charge in [-0.2, -0.15) is 0 Å². The Morgan fingerprint density at radius 2 is 1.90 bits per heavy atom. The van der Waals surface area contributed by atoms with E-state index in [4.69, 9.17) is 0 Å². The molecular weight excluding hydrogens is 257 g/mol. The number of halogens is 1. The van der Waals surface area contributed by atoms with Crippen LogP contribution < -0.4 is 5.32 Å². The third kappa shape index (κ3) is 4.18. The van der Waals surface area contributed by atoms with E-state index in [1.165, 1.54) is 12.3 Å². The number of anilines is 1. The van der Waals surface area contributed by atoms with Crippen LogP contribution in [0.25, 0.3) is 0 Å². The Bertz CT molecular complexity index is 431. The number of hydrogen-bond donors (Lipinski definition) is 1. The number of amides is 1. The number of pyridine rings is 1. The summed E-state index contributed by atoms with van der Waals surface area (Å²) >= 11 is 0. The van der Waals surface area contributed by atoms with E-state index in [1.807, 2.05) is 20.8 Å². The van der Waals surface area contributed by atoms with Crippen molar-refractivity contribution in [2.75, 3.05) is 25.0 Å². The Labute approximate surface area is 120 Å². The molecule has 1 rings (SSSR count). The van der Waals surface area contributed by atoms with Crippen LogP contribution in [0, 0.1) is 5.82 Å². The van der Waals surface area contributed by atoms with Gasteiger partial charge >= 0.3 is 0 Å². The molecule has 0 spiro atoms. The van der Waals surface area contributed by atoms with Crippen LogP contribution in [0.1, 0.15) is 50.4 Å². The van der Waals surface area contributed by atoms with Gasteiger partial charge in [-0.3, -0.25) is 4.79 Å². The smallest absolute Gasteiger partial charge is 0.257 e. The molecule has 0 aliphatic heterocycles. The van der Waals surface area contributed by atoms with Gasteiger partial charge in [0.15, 0.2) is 11.6 Å². The lowest BCUT2D eigenvalue weighted by Crippen LogP contribution is -2.33. The average Bonchev–Trinajstić information content (AvgIpc) is 2.45. The molecule has 20 heavy (non-hydrogen) atoms. The molecule has 0 bridgehead atoms. The molecule has 1 heterocycles. The first-order chi connectivity index (χ1) is 9.65. The molecule has 0 aliphatic carbocycles. The number of nitrogens with one attached hydrogen (secondary N) is 1. The lowest BCUT2D eigenvalue weighted by atomic mass is 10.2. The van der Waals surface area contributed by atoms with Crippen molar-refractivity contribution in [2.24, 2.45) is 0 Å². The monoisotopic (exact) mass is 281 g/mol. The van der Waals surface area contributed by atoms with E-state index in [1.54, 1.807) is 4.90 Å². The van der Waals surface area contributed by atoms with Crippen LogP contribution in [0.4, 0.5) is 10.2 Å². The second-order valence-electron chi connectivity index (χ2n) is 4.74. The second kappa shape index (κ2) is 8.51. The van der Waals surface area contributed by atoms with Gasteiger partial charge in [0, 0.05) is 25.8 Å². The molecule has 0 aliphatic rings. The quantitative estimate of drug-likeness (QED) is 0.795. The maximum Gasteiger partial charge on any atom is 0.257 e. The topological polar surface area (TPSA) is 45.2 Å². The molecule has 0 aromatic carbocycles. The number of aromatic nitrogens is 1. The van der Waals surface area contributed by atoms with Crippen molar-refractivity contribution in [3.63, 3.8) is 0 Å².